The van der Waals surface area contributed by atoms with Crippen molar-refractivity contribution < 1.29 is 14.6 Å². The van der Waals surface area contributed by atoms with Gasteiger partial charge in [0.05, 0.1) is 11.1 Å². The van der Waals surface area contributed by atoms with Crippen LogP contribution < -0.4 is 15.4 Å². The Bertz CT molecular complexity index is 741. The van der Waals surface area contributed by atoms with E-state index in [0.717, 1.165) is 6.42 Å². The minimum absolute atomic E-state index is 0.0717. The van der Waals surface area contributed by atoms with Crippen LogP contribution >= 0.6 is 28.1 Å². The lowest BCUT2D eigenvalue weighted by molar-refractivity contribution is 0.0976. The molecule has 2 aromatic rings. The van der Waals surface area contributed by atoms with E-state index in [1.54, 1.807) is 18.2 Å². The Morgan fingerprint density at radius 1 is 1.19 bits per heavy atom. The van der Waals surface area contributed by atoms with Crippen molar-refractivity contribution >= 4 is 39.2 Å². The Kier molecular flexibility index (Phi) is 8.53. The van der Waals surface area contributed by atoms with Crippen molar-refractivity contribution in [2.45, 2.75) is 12.8 Å². The van der Waals surface area contributed by atoms with Crippen molar-refractivity contribution in [3.63, 3.8) is 0 Å². The fraction of sp³-hybridized carbons (Fsp3) is 0.263. The fourth-order valence-corrected chi connectivity index (χ4v) is 2.87. The van der Waals surface area contributed by atoms with Gasteiger partial charge in [-0.1, -0.05) is 30.3 Å². The molecular formula is C19H21BrN2O3S. The highest BCUT2D eigenvalue weighted by Crippen LogP contribution is 2.26. The molecule has 0 unspecified atom stereocenters. The molecule has 0 aliphatic heterocycles. The molecular weight excluding hydrogens is 416 g/mol. The number of amides is 1. The average Bonchev–Trinajstić information content (AvgIpc) is 2.64. The molecule has 0 saturated heterocycles. The van der Waals surface area contributed by atoms with Gasteiger partial charge in [-0.05, 0) is 58.3 Å². The molecule has 0 aromatic heterocycles. The molecule has 2 rings (SSSR count). The molecule has 26 heavy (non-hydrogen) atoms. The standard InChI is InChI=1S/C19H21BrN2O3S/c20-16-13-15(18(24)22-19(26)21-10-4-11-23)7-8-17(16)25-12-9-14-5-2-1-3-6-14/h1-3,5-8,13,23H,4,9-12H2,(H2,21,22,24,26). The predicted molar refractivity (Wildman–Crippen MR) is 110 cm³/mol. The van der Waals surface area contributed by atoms with Crippen LogP contribution in [0.1, 0.15) is 22.3 Å². The maximum absolute atomic E-state index is 12.2. The molecule has 2 aromatic carbocycles. The highest BCUT2D eigenvalue weighted by molar-refractivity contribution is 9.10. The molecule has 0 fully saturated rings. The summed E-state index contributed by atoms with van der Waals surface area (Å²) >= 11 is 8.48. The summed E-state index contributed by atoms with van der Waals surface area (Å²) in [7, 11) is 0. The van der Waals surface area contributed by atoms with Crippen LogP contribution in [0, 0.1) is 0 Å². The largest absolute Gasteiger partial charge is 0.492 e. The third-order valence-corrected chi connectivity index (χ3v) is 4.40. The fourth-order valence-electron chi connectivity index (χ4n) is 2.18. The van der Waals surface area contributed by atoms with Crippen LogP contribution in [0.3, 0.4) is 0 Å². The van der Waals surface area contributed by atoms with E-state index in [1.807, 2.05) is 18.2 Å². The average molecular weight is 437 g/mol. The molecule has 138 valence electrons. The van der Waals surface area contributed by atoms with Crippen LogP contribution in [0.2, 0.25) is 0 Å². The number of benzene rings is 2. The number of hydrogen-bond acceptors (Lipinski definition) is 4. The zero-order valence-electron chi connectivity index (χ0n) is 14.2. The van der Waals surface area contributed by atoms with Gasteiger partial charge in [0.15, 0.2) is 5.11 Å². The maximum Gasteiger partial charge on any atom is 0.257 e. The van der Waals surface area contributed by atoms with Crippen LogP contribution in [-0.4, -0.2) is 35.9 Å². The van der Waals surface area contributed by atoms with Crippen molar-refractivity contribution in [3.05, 3.63) is 64.1 Å². The molecule has 3 N–H and O–H groups in total. The van der Waals surface area contributed by atoms with Crippen LogP contribution in [0.25, 0.3) is 0 Å². The Morgan fingerprint density at radius 2 is 1.96 bits per heavy atom. The molecule has 0 atom stereocenters. The number of carbonyl (C=O) groups is 1. The summed E-state index contributed by atoms with van der Waals surface area (Å²) in [4.78, 5) is 12.2. The highest BCUT2D eigenvalue weighted by atomic mass is 79.9. The molecule has 0 radical (unpaired) electrons. The Labute approximate surface area is 166 Å². The number of halogens is 1. The zero-order valence-corrected chi connectivity index (χ0v) is 16.6. The SMILES string of the molecule is O=C(NC(=S)NCCCO)c1ccc(OCCc2ccccc2)c(Br)c1. The Morgan fingerprint density at radius 3 is 2.65 bits per heavy atom. The second kappa shape index (κ2) is 10.9. The predicted octanol–water partition coefficient (Wildman–Crippen LogP) is 3.06. The summed E-state index contributed by atoms with van der Waals surface area (Å²) in [5.41, 5.74) is 1.68. The monoisotopic (exact) mass is 436 g/mol. The van der Waals surface area contributed by atoms with Gasteiger partial charge in [-0.25, -0.2) is 0 Å². The number of thiocarbonyl (C=S) groups is 1. The van der Waals surface area contributed by atoms with Crippen molar-refractivity contribution in [1.29, 1.82) is 0 Å². The summed E-state index contributed by atoms with van der Waals surface area (Å²) in [6.07, 6.45) is 1.37. The van der Waals surface area contributed by atoms with Gasteiger partial charge in [0, 0.05) is 25.1 Å². The van der Waals surface area contributed by atoms with E-state index in [2.05, 4.69) is 38.7 Å². The number of rotatable bonds is 8. The van der Waals surface area contributed by atoms with E-state index in [0.29, 0.717) is 35.4 Å². The summed E-state index contributed by atoms with van der Waals surface area (Å²) in [5.74, 6) is 0.379. The first-order valence-corrected chi connectivity index (χ1v) is 9.46. The lowest BCUT2D eigenvalue weighted by atomic mass is 10.2. The first kappa shape index (κ1) is 20.4. The molecule has 0 bridgehead atoms. The minimum Gasteiger partial charge on any atom is -0.492 e. The van der Waals surface area contributed by atoms with Gasteiger partial charge in [0.2, 0.25) is 0 Å². The van der Waals surface area contributed by atoms with E-state index in [9.17, 15) is 4.79 Å². The van der Waals surface area contributed by atoms with Gasteiger partial charge >= 0.3 is 0 Å². The van der Waals surface area contributed by atoms with E-state index in [-0.39, 0.29) is 17.6 Å². The molecule has 0 spiro atoms. The lowest BCUT2D eigenvalue weighted by Crippen LogP contribution is -2.39. The van der Waals surface area contributed by atoms with Crippen molar-refractivity contribution in [2.24, 2.45) is 0 Å². The van der Waals surface area contributed by atoms with Gasteiger partial charge in [-0.3, -0.25) is 10.1 Å². The first-order valence-electron chi connectivity index (χ1n) is 8.26. The molecule has 7 heteroatoms. The number of ether oxygens (including phenoxy) is 1. The van der Waals surface area contributed by atoms with Gasteiger partial charge in [0.1, 0.15) is 5.75 Å². The summed E-state index contributed by atoms with van der Waals surface area (Å²) < 4.78 is 6.49. The topological polar surface area (TPSA) is 70.6 Å². The van der Waals surface area contributed by atoms with Crippen molar-refractivity contribution in [2.75, 3.05) is 19.8 Å². The molecule has 0 aliphatic carbocycles. The molecule has 0 saturated carbocycles. The van der Waals surface area contributed by atoms with Crippen LogP contribution in [-0.2, 0) is 6.42 Å². The smallest absolute Gasteiger partial charge is 0.257 e. The summed E-state index contributed by atoms with van der Waals surface area (Å²) in [6.45, 7) is 1.13. The molecule has 0 heterocycles. The zero-order chi connectivity index (χ0) is 18.8. The first-order chi connectivity index (χ1) is 12.6. The second-order valence-corrected chi connectivity index (χ2v) is 6.78. The Hall–Kier alpha value is -1.96. The maximum atomic E-state index is 12.2. The van der Waals surface area contributed by atoms with E-state index in [1.165, 1.54) is 5.56 Å². The van der Waals surface area contributed by atoms with Gasteiger partial charge in [0.25, 0.3) is 5.91 Å². The van der Waals surface area contributed by atoms with Crippen LogP contribution in [0.15, 0.2) is 53.0 Å². The van der Waals surface area contributed by atoms with Crippen LogP contribution in [0.5, 0.6) is 5.75 Å². The van der Waals surface area contributed by atoms with Crippen LogP contribution in [0.4, 0.5) is 0 Å². The quantitative estimate of drug-likeness (QED) is 0.438. The van der Waals surface area contributed by atoms with Crippen molar-refractivity contribution in [1.82, 2.24) is 10.6 Å². The summed E-state index contributed by atoms with van der Waals surface area (Å²) in [5, 5.41) is 14.4. The number of nitrogens with one attached hydrogen (secondary N) is 2. The third-order valence-electron chi connectivity index (χ3n) is 3.53. The summed E-state index contributed by atoms with van der Waals surface area (Å²) in [6, 6.07) is 15.2. The van der Waals surface area contributed by atoms with E-state index < -0.39 is 0 Å². The van der Waals surface area contributed by atoms with Crippen molar-refractivity contribution in [3.8, 4) is 5.75 Å². The van der Waals surface area contributed by atoms with Gasteiger partial charge in [-0.15, -0.1) is 0 Å². The lowest BCUT2D eigenvalue weighted by Gasteiger charge is -2.11. The Balaban J connectivity index is 1.85. The third kappa shape index (κ3) is 6.74. The highest BCUT2D eigenvalue weighted by Gasteiger charge is 2.11. The normalized spacial score (nSPS) is 10.2. The minimum atomic E-state index is -0.303. The number of carbonyl (C=O) groups excluding carboxylic acids is 1. The van der Waals surface area contributed by atoms with E-state index >= 15 is 0 Å². The van der Waals surface area contributed by atoms with Gasteiger partial charge < -0.3 is 15.2 Å². The number of hydrogen-bond donors (Lipinski definition) is 3. The molecule has 1 amide bonds. The molecule has 0 aliphatic rings. The van der Waals surface area contributed by atoms with E-state index in [4.69, 9.17) is 22.1 Å². The number of aliphatic hydroxyl groups excluding tert-OH is 1. The number of aliphatic hydroxyl groups is 1. The second-order valence-electron chi connectivity index (χ2n) is 5.52. The molecule has 5 nitrogen and oxygen atoms in total. The van der Waals surface area contributed by atoms with Gasteiger partial charge in [-0.2, -0.15) is 0 Å².